The van der Waals surface area contributed by atoms with Crippen LogP contribution in [-0.2, 0) is 6.61 Å². The lowest BCUT2D eigenvalue weighted by Crippen LogP contribution is -2.07. The lowest BCUT2D eigenvalue weighted by molar-refractivity contribution is 0.274. The Balaban J connectivity index is 2.15. The molecular formula is C16H18ClNO2. The molecule has 3 nitrogen and oxygen atoms in total. The van der Waals surface area contributed by atoms with Crippen molar-refractivity contribution in [1.29, 1.82) is 0 Å². The molecule has 0 amide bonds. The predicted molar refractivity (Wildman–Crippen MR) is 82.4 cm³/mol. The second-order valence-electron chi connectivity index (χ2n) is 4.60. The summed E-state index contributed by atoms with van der Waals surface area (Å²) in [6.45, 7) is 2.03. The molecule has 4 heteroatoms. The van der Waals surface area contributed by atoms with E-state index in [-0.39, 0.29) is 12.6 Å². The van der Waals surface area contributed by atoms with Crippen molar-refractivity contribution < 1.29 is 9.84 Å². The van der Waals surface area contributed by atoms with E-state index in [0.717, 1.165) is 21.8 Å². The first-order valence-electron chi connectivity index (χ1n) is 6.44. The molecule has 2 aromatic carbocycles. The minimum Gasteiger partial charge on any atom is -0.496 e. The number of anilines is 1. The first-order chi connectivity index (χ1) is 9.63. The monoisotopic (exact) mass is 291 g/mol. The van der Waals surface area contributed by atoms with E-state index in [9.17, 15) is 5.11 Å². The number of aliphatic hydroxyl groups is 1. The number of hydrogen-bond acceptors (Lipinski definition) is 3. The summed E-state index contributed by atoms with van der Waals surface area (Å²) in [5.41, 5.74) is 2.86. The Morgan fingerprint density at radius 2 is 1.90 bits per heavy atom. The highest BCUT2D eigenvalue weighted by molar-refractivity contribution is 6.30. The molecule has 0 aliphatic rings. The zero-order valence-electron chi connectivity index (χ0n) is 11.6. The van der Waals surface area contributed by atoms with E-state index >= 15 is 0 Å². The number of nitrogens with one attached hydrogen (secondary N) is 1. The molecule has 0 heterocycles. The maximum atomic E-state index is 9.33. The van der Waals surface area contributed by atoms with E-state index in [1.807, 2.05) is 42.5 Å². The molecule has 2 N–H and O–H groups in total. The van der Waals surface area contributed by atoms with Gasteiger partial charge in [0.25, 0.3) is 0 Å². The molecule has 1 unspecified atom stereocenters. The number of ether oxygens (including phenoxy) is 1. The van der Waals surface area contributed by atoms with Crippen molar-refractivity contribution in [2.24, 2.45) is 0 Å². The van der Waals surface area contributed by atoms with Gasteiger partial charge >= 0.3 is 0 Å². The zero-order chi connectivity index (χ0) is 14.5. The SMILES string of the molecule is COc1ccc(NC(C)c2ccc(Cl)cc2)cc1CO. The fourth-order valence-corrected chi connectivity index (χ4v) is 2.20. The van der Waals surface area contributed by atoms with Crippen LogP contribution in [0.5, 0.6) is 5.75 Å². The molecule has 0 fully saturated rings. The molecule has 2 aromatic rings. The Morgan fingerprint density at radius 3 is 2.50 bits per heavy atom. The van der Waals surface area contributed by atoms with Gasteiger partial charge in [0.1, 0.15) is 5.75 Å². The second kappa shape index (κ2) is 6.64. The minimum absolute atomic E-state index is 0.0476. The van der Waals surface area contributed by atoms with E-state index in [0.29, 0.717) is 5.75 Å². The van der Waals surface area contributed by atoms with Crippen molar-refractivity contribution >= 4 is 17.3 Å². The summed E-state index contributed by atoms with van der Waals surface area (Å²) in [6, 6.07) is 13.6. The van der Waals surface area contributed by atoms with Crippen LogP contribution in [0, 0.1) is 0 Å². The van der Waals surface area contributed by atoms with Crippen LogP contribution in [0.15, 0.2) is 42.5 Å². The van der Waals surface area contributed by atoms with Gasteiger partial charge in [-0.05, 0) is 42.8 Å². The summed E-state index contributed by atoms with van der Waals surface area (Å²) >= 11 is 5.89. The smallest absolute Gasteiger partial charge is 0.124 e. The second-order valence-corrected chi connectivity index (χ2v) is 5.04. The van der Waals surface area contributed by atoms with Crippen LogP contribution in [-0.4, -0.2) is 12.2 Å². The molecule has 0 saturated heterocycles. The van der Waals surface area contributed by atoms with Gasteiger partial charge in [-0.1, -0.05) is 23.7 Å². The van der Waals surface area contributed by atoms with Crippen LogP contribution in [0.25, 0.3) is 0 Å². The van der Waals surface area contributed by atoms with Crippen LogP contribution < -0.4 is 10.1 Å². The van der Waals surface area contributed by atoms with Crippen molar-refractivity contribution in [3.8, 4) is 5.75 Å². The molecule has 0 radical (unpaired) electrons. The quantitative estimate of drug-likeness (QED) is 0.874. The lowest BCUT2D eigenvalue weighted by atomic mass is 10.1. The molecular weight excluding hydrogens is 274 g/mol. The molecule has 0 saturated carbocycles. The minimum atomic E-state index is -0.0476. The third-order valence-corrected chi connectivity index (χ3v) is 3.46. The average Bonchev–Trinajstić information content (AvgIpc) is 2.47. The average molecular weight is 292 g/mol. The zero-order valence-corrected chi connectivity index (χ0v) is 12.3. The van der Waals surface area contributed by atoms with Gasteiger partial charge < -0.3 is 15.2 Å². The Labute approximate surface area is 124 Å². The molecule has 0 spiro atoms. The van der Waals surface area contributed by atoms with Crippen molar-refractivity contribution in [2.45, 2.75) is 19.6 Å². The fourth-order valence-electron chi connectivity index (χ4n) is 2.08. The van der Waals surface area contributed by atoms with Crippen LogP contribution in [0.3, 0.4) is 0 Å². The van der Waals surface area contributed by atoms with Crippen LogP contribution in [0.2, 0.25) is 5.02 Å². The summed E-state index contributed by atoms with van der Waals surface area (Å²) in [5, 5.41) is 13.5. The van der Waals surface area contributed by atoms with Crippen molar-refractivity contribution in [3.05, 3.63) is 58.6 Å². The van der Waals surface area contributed by atoms with Gasteiger partial charge in [0.15, 0.2) is 0 Å². The number of benzene rings is 2. The van der Waals surface area contributed by atoms with E-state index in [1.165, 1.54) is 0 Å². The van der Waals surface area contributed by atoms with Crippen molar-refractivity contribution in [2.75, 3.05) is 12.4 Å². The predicted octanol–water partition coefficient (Wildman–Crippen LogP) is 4.01. The summed E-state index contributed by atoms with van der Waals surface area (Å²) in [4.78, 5) is 0. The van der Waals surface area contributed by atoms with Gasteiger partial charge in [0.05, 0.1) is 13.7 Å². The summed E-state index contributed by atoms with van der Waals surface area (Å²) in [7, 11) is 1.60. The molecule has 106 valence electrons. The Hall–Kier alpha value is -1.71. The first-order valence-corrected chi connectivity index (χ1v) is 6.81. The molecule has 2 rings (SSSR count). The molecule has 1 atom stereocenters. The fraction of sp³-hybridized carbons (Fsp3) is 0.250. The van der Waals surface area contributed by atoms with Gasteiger partial charge in [0.2, 0.25) is 0 Å². The van der Waals surface area contributed by atoms with Crippen LogP contribution in [0.1, 0.15) is 24.1 Å². The van der Waals surface area contributed by atoms with Gasteiger partial charge in [-0.2, -0.15) is 0 Å². The molecule has 20 heavy (non-hydrogen) atoms. The number of methoxy groups -OCH3 is 1. The van der Waals surface area contributed by atoms with Gasteiger partial charge in [0, 0.05) is 22.3 Å². The number of halogens is 1. The summed E-state index contributed by atoms with van der Waals surface area (Å²) < 4.78 is 5.19. The maximum Gasteiger partial charge on any atom is 0.124 e. The molecule has 0 aliphatic carbocycles. The topological polar surface area (TPSA) is 41.5 Å². The van der Waals surface area contributed by atoms with E-state index in [4.69, 9.17) is 16.3 Å². The third-order valence-electron chi connectivity index (χ3n) is 3.20. The highest BCUT2D eigenvalue weighted by atomic mass is 35.5. The number of hydrogen-bond donors (Lipinski definition) is 2. The van der Waals surface area contributed by atoms with E-state index in [2.05, 4.69) is 12.2 Å². The first kappa shape index (κ1) is 14.7. The highest BCUT2D eigenvalue weighted by Gasteiger charge is 2.08. The van der Waals surface area contributed by atoms with Crippen LogP contribution in [0.4, 0.5) is 5.69 Å². The third kappa shape index (κ3) is 3.44. The maximum absolute atomic E-state index is 9.33. The Bertz CT molecular complexity index is 569. The standard InChI is InChI=1S/C16H18ClNO2/c1-11(12-3-5-14(17)6-4-12)18-15-7-8-16(20-2)13(9-15)10-19/h3-9,11,18-19H,10H2,1-2H3. The number of rotatable bonds is 5. The van der Waals surface area contributed by atoms with E-state index < -0.39 is 0 Å². The molecule has 0 bridgehead atoms. The van der Waals surface area contributed by atoms with Gasteiger partial charge in [-0.25, -0.2) is 0 Å². The highest BCUT2D eigenvalue weighted by Crippen LogP contribution is 2.26. The Kier molecular flexibility index (Phi) is 4.88. The largest absolute Gasteiger partial charge is 0.496 e. The normalized spacial score (nSPS) is 12.0. The Morgan fingerprint density at radius 1 is 1.20 bits per heavy atom. The van der Waals surface area contributed by atoms with Gasteiger partial charge in [-0.15, -0.1) is 0 Å². The molecule has 0 aromatic heterocycles. The lowest BCUT2D eigenvalue weighted by Gasteiger charge is -2.17. The van der Waals surface area contributed by atoms with Gasteiger partial charge in [-0.3, -0.25) is 0 Å². The van der Waals surface area contributed by atoms with E-state index in [1.54, 1.807) is 7.11 Å². The molecule has 0 aliphatic heterocycles. The van der Waals surface area contributed by atoms with Crippen molar-refractivity contribution in [3.63, 3.8) is 0 Å². The number of aliphatic hydroxyl groups excluding tert-OH is 1. The summed E-state index contributed by atoms with van der Waals surface area (Å²) in [6.07, 6.45) is 0. The van der Waals surface area contributed by atoms with Crippen molar-refractivity contribution in [1.82, 2.24) is 0 Å². The van der Waals surface area contributed by atoms with Crippen LogP contribution >= 0.6 is 11.6 Å². The summed E-state index contributed by atoms with van der Waals surface area (Å²) in [5.74, 6) is 0.692.